The molecule has 124 valence electrons. The van der Waals surface area contributed by atoms with Gasteiger partial charge in [0.05, 0.1) is 11.0 Å². The highest BCUT2D eigenvalue weighted by molar-refractivity contribution is 7.97. The van der Waals surface area contributed by atoms with Crippen LogP contribution in [0.15, 0.2) is 23.1 Å². The molecule has 4 nitrogen and oxygen atoms in total. The van der Waals surface area contributed by atoms with E-state index in [2.05, 4.69) is 27.9 Å². The Balaban J connectivity index is 1.44. The van der Waals surface area contributed by atoms with Crippen molar-refractivity contribution in [3.63, 3.8) is 0 Å². The van der Waals surface area contributed by atoms with Gasteiger partial charge >= 0.3 is 0 Å². The number of H-pyrrole nitrogens is 1. The van der Waals surface area contributed by atoms with Crippen molar-refractivity contribution in [1.29, 1.82) is 0 Å². The van der Waals surface area contributed by atoms with Gasteiger partial charge in [-0.3, -0.25) is 4.72 Å². The maximum absolute atomic E-state index is 5.45. The van der Waals surface area contributed by atoms with Gasteiger partial charge in [-0.05, 0) is 55.8 Å². The molecule has 0 radical (unpaired) electrons. The Morgan fingerprint density at radius 2 is 1.91 bits per heavy atom. The van der Waals surface area contributed by atoms with Gasteiger partial charge in [0.1, 0.15) is 5.82 Å². The SMILES string of the molecule is c1cc2nc(C3CCOCC3)[nH]c2cc1SNC1CCCCC1. The van der Waals surface area contributed by atoms with Crippen molar-refractivity contribution in [3.05, 3.63) is 24.0 Å². The summed E-state index contributed by atoms with van der Waals surface area (Å²) in [6.07, 6.45) is 8.91. The van der Waals surface area contributed by atoms with E-state index in [1.54, 1.807) is 11.9 Å². The van der Waals surface area contributed by atoms with Crippen molar-refractivity contribution in [2.45, 2.75) is 61.8 Å². The van der Waals surface area contributed by atoms with Crippen LogP contribution < -0.4 is 4.72 Å². The molecule has 2 heterocycles. The quantitative estimate of drug-likeness (QED) is 0.816. The smallest absolute Gasteiger partial charge is 0.110 e. The van der Waals surface area contributed by atoms with Gasteiger partial charge in [0.15, 0.2) is 0 Å². The highest BCUT2D eigenvalue weighted by atomic mass is 32.2. The molecule has 0 bridgehead atoms. The fraction of sp³-hybridized carbons (Fsp3) is 0.611. The van der Waals surface area contributed by atoms with Crippen molar-refractivity contribution < 1.29 is 4.74 Å². The van der Waals surface area contributed by atoms with E-state index in [0.717, 1.165) is 42.9 Å². The summed E-state index contributed by atoms with van der Waals surface area (Å²) in [4.78, 5) is 9.59. The van der Waals surface area contributed by atoms with Crippen LogP contribution in [0.2, 0.25) is 0 Å². The lowest BCUT2D eigenvalue weighted by Crippen LogP contribution is -2.25. The van der Waals surface area contributed by atoms with Crippen molar-refractivity contribution >= 4 is 23.0 Å². The second-order valence-corrected chi connectivity index (χ2v) is 7.65. The fourth-order valence-corrected chi connectivity index (χ4v) is 4.46. The average Bonchev–Trinajstić information content (AvgIpc) is 3.05. The number of nitrogens with zero attached hydrogens (tertiary/aromatic N) is 1. The van der Waals surface area contributed by atoms with E-state index in [-0.39, 0.29) is 0 Å². The van der Waals surface area contributed by atoms with E-state index < -0.39 is 0 Å². The van der Waals surface area contributed by atoms with Gasteiger partial charge in [-0.15, -0.1) is 0 Å². The normalized spacial score (nSPS) is 21.0. The van der Waals surface area contributed by atoms with Crippen molar-refractivity contribution in [3.8, 4) is 0 Å². The molecule has 1 saturated carbocycles. The van der Waals surface area contributed by atoms with E-state index in [4.69, 9.17) is 9.72 Å². The number of nitrogens with one attached hydrogen (secondary N) is 2. The molecule has 1 aromatic heterocycles. The fourth-order valence-electron chi connectivity index (χ4n) is 3.61. The molecule has 0 atom stereocenters. The van der Waals surface area contributed by atoms with Crippen LogP contribution in [0.3, 0.4) is 0 Å². The monoisotopic (exact) mass is 331 g/mol. The van der Waals surface area contributed by atoms with Gasteiger partial charge in [-0.25, -0.2) is 4.98 Å². The maximum atomic E-state index is 5.45. The Morgan fingerprint density at radius 3 is 2.74 bits per heavy atom. The molecular formula is C18H25N3OS. The molecule has 0 unspecified atom stereocenters. The van der Waals surface area contributed by atoms with Crippen LogP contribution in [-0.2, 0) is 4.74 Å². The lowest BCUT2D eigenvalue weighted by atomic mass is 9.96. The number of benzene rings is 1. The Morgan fingerprint density at radius 1 is 1.09 bits per heavy atom. The Kier molecular flexibility index (Phi) is 4.88. The third-order valence-corrected chi connectivity index (χ3v) is 5.97. The van der Waals surface area contributed by atoms with E-state index in [1.165, 1.54) is 37.0 Å². The summed E-state index contributed by atoms with van der Waals surface area (Å²) in [7, 11) is 0. The molecule has 0 spiro atoms. The first-order valence-electron chi connectivity index (χ1n) is 8.88. The summed E-state index contributed by atoms with van der Waals surface area (Å²) < 4.78 is 9.09. The minimum Gasteiger partial charge on any atom is -0.381 e. The Labute approximate surface area is 141 Å². The molecule has 1 aromatic carbocycles. The number of imidazole rings is 1. The van der Waals surface area contributed by atoms with Crippen LogP contribution in [0.5, 0.6) is 0 Å². The van der Waals surface area contributed by atoms with Gasteiger partial charge in [0.25, 0.3) is 0 Å². The molecule has 1 aliphatic carbocycles. The highest BCUT2D eigenvalue weighted by Crippen LogP contribution is 2.29. The van der Waals surface area contributed by atoms with E-state index >= 15 is 0 Å². The van der Waals surface area contributed by atoms with E-state index in [1.807, 2.05) is 0 Å². The van der Waals surface area contributed by atoms with Gasteiger partial charge in [-0.1, -0.05) is 19.3 Å². The first kappa shape index (κ1) is 15.5. The Bertz CT molecular complexity index is 645. The predicted molar refractivity (Wildman–Crippen MR) is 94.8 cm³/mol. The van der Waals surface area contributed by atoms with Gasteiger partial charge in [0, 0.05) is 30.1 Å². The van der Waals surface area contributed by atoms with Crippen LogP contribution in [0, 0.1) is 0 Å². The highest BCUT2D eigenvalue weighted by Gasteiger charge is 2.19. The molecule has 5 heteroatoms. The minimum absolute atomic E-state index is 0.521. The summed E-state index contributed by atoms with van der Waals surface area (Å²) >= 11 is 1.77. The second kappa shape index (κ2) is 7.24. The van der Waals surface area contributed by atoms with Crippen LogP contribution in [-0.4, -0.2) is 29.2 Å². The van der Waals surface area contributed by atoms with Gasteiger partial charge < -0.3 is 9.72 Å². The zero-order chi connectivity index (χ0) is 15.5. The molecule has 1 saturated heterocycles. The summed E-state index contributed by atoms with van der Waals surface area (Å²) in [5.74, 6) is 1.65. The molecule has 2 aromatic rings. The van der Waals surface area contributed by atoms with Crippen molar-refractivity contribution in [2.24, 2.45) is 0 Å². The van der Waals surface area contributed by atoms with Gasteiger partial charge in [-0.2, -0.15) is 0 Å². The molecule has 0 amide bonds. The predicted octanol–water partition coefficient (Wildman–Crippen LogP) is 4.39. The number of ether oxygens (including phenoxy) is 1. The largest absolute Gasteiger partial charge is 0.381 e. The summed E-state index contributed by atoms with van der Waals surface area (Å²) in [6.45, 7) is 1.71. The zero-order valence-electron chi connectivity index (χ0n) is 13.5. The van der Waals surface area contributed by atoms with Crippen LogP contribution in [0.1, 0.15) is 56.7 Å². The first-order chi connectivity index (χ1) is 11.4. The average molecular weight is 331 g/mol. The molecule has 4 rings (SSSR count). The third kappa shape index (κ3) is 3.73. The minimum atomic E-state index is 0.521. The van der Waals surface area contributed by atoms with E-state index in [0.29, 0.717) is 12.0 Å². The van der Waals surface area contributed by atoms with Crippen molar-refractivity contribution in [2.75, 3.05) is 13.2 Å². The Hall–Kier alpha value is -1.04. The summed E-state index contributed by atoms with van der Waals surface area (Å²) in [6, 6.07) is 7.21. The van der Waals surface area contributed by atoms with Crippen LogP contribution in [0.4, 0.5) is 0 Å². The van der Waals surface area contributed by atoms with Crippen molar-refractivity contribution in [1.82, 2.24) is 14.7 Å². The standard InChI is InChI=1S/C18H25N3OS/c1-2-4-14(5-3-1)21-23-15-6-7-16-17(12-15)20-18(19-16)13-8-10-22-11-9-13/h6-7,12-14,21H,1-5,8-11H2,(H,19,20). The molecule has 2 fully saturated rings. The lowest BCUT2D eigenvalue weighted by molar-refractivity contribution is 0.0838. The summed E-state index contributed by atoms with van der Waals surface area (Å²) in [5.41, 5.74) is 2.23. The molecule has 1 aliphatic heterocycles. The van der Waals surface area contributed by atoms with Crippen LogP contribution in [0.25, 0.3) is 11.0 Å². The number of aromatic amines is 1. The number of aromatic nitrogens is 2. The molecular weight excluding hydrogens is 306 g/mol. The summed E-state index contributed by atoms with van der Waals surface area (Å²) in [5, 5.41) is 0. The molecule has 23 heavy (non-hydrogen) atoms. The molecule has 2 aliphatic rings. The van der Waals surface area contributed by atoms with Gasteiger partial charge in [0.2, 0.25) is 0 Å². The lowest BCUT2D eigenvalue weighted by Gasteiger charge is -2.22. The zero-order valence-corrected chi connectivity index (χ0v) is 14.3. The number of rotatable bonds is 4. The van der Waals surface area contributed by atoms with E-state index in [9.17, 15) is 0 Å². The number of fused-ring (bicyclic) bond motifs is 1. The topological polar surface area (TPSA) is 49.9 Å². The second-order valence-electron chi connectivity index (χ2n) is 6.74. The number of hydrogen-bond donors (Lipinski definition) is 2. The first-order valence-corrected chi connectivity index (χ1v) is 9.70. The molecule has 2 N–H and O–H groups in total. The third-order valence-electron chi connectivity index (χ3n) is 5.03. The number of hydrogen-bond acceptors (Lipinski definition) is 4. The maximum Gasteiger partial charge on any atom is 0.110 e. The van der Waals surface area contributed by atoms with Crippen LogP contribution >= 0.6 is 11.9 Å².